The molecule has 8 nitrogen and oxygen atoms in total. The monoisotopic (exact) mass is 289 g/mol. The average Bonchev–Trinajstić information content (AvgIpc) is 3.18. The summed E-state index contributed by atoms with van der Waals surface area (Å²) in [4.78, 5) is 6.48. The fourth-order valence-corrected chi connectivity index (χ4v) is 2.89. The molecular weight excluding hydrogens is 278 g/mol. The second-order valence-corrected chi connectivity index (χ2v) is 5.32. The molecule has 102 valence electrons. The third-order valence-corrected chi connectivity index (χ3v) is 4.04. The lowest BCUT2D eigenvalue weighted by atomic mass is 10.3. The summed E-state index contributed by atoms with van der Waals surface area (Å²) < 4.78 is 7.21. The molecule has 0 bridgehead atoms. The second kappa shape index (κ2) is 4.76. The predicted octanol–water partition coefficient (Wildman–Crippen LogP) is 0.554. The molecule has 0 radical (unpaired) electrons. The van der Waals surface area contributed by atoms with Crippen molar-refractivity contribution >= 4 is 22.8 Å². The first kappa shape index (κ1) is 11.7. The number of rotatable bonds is 2. The molecule has 4 rings (SSSR count). The quantitative estimate of drug-likeness (QED) is 0.681. The number of thiazole rings is 1. The minimum Gasteiger partial charge on any atom is -0.367 e. The Morgan fingerprint density at radius 3 is 3.25 bits per heavy atom. The van der Waals surface area contributed by atoms with E-state index in [1.165, 1.54) is 4.63 Å². The first-order chi connectivity index (χ1) is 9.90. The van der Waals surface area contributed by atoms with Crippen LogP contribution in [0.5, 0.6) is 0 Å². The molecule has 20 heavy (non-hydrogen) atoms. The van der Waals surface area contributed by atoms with E-state index < -0.39 is 0 Å². The normalized spacial score (nSPS) is 19.6. The molecule has 0 aromatic carbocycles. The van der Waals surface area contributed by atoms with Gasteiger partial charge in [-0.05, 0) is 22.6 Å². The molecule has 3 aromatic heterocycles. The molecule has 0 saturated carbocycles. The minimum absolute atomic E-state index is 0.00452. The van der Waals surface area contributed by atoms with Gasteiger partial charge in [-0.3, -0.25) is 0 Å². The Hall–Kier alpha value is -2.13. The highest BCUT2D eigenvalue weighted by atomic mass is 32.1. The maximum atomic E-state index is 5.78. The van der Waals surface area contributed by atoms with Gasteiger partial charge in [-0.25, -0.2) is 4.98 Å². The van der Waals surface area contributed by atoms with Crippen LogP contribution in [0.15, 0.2) is 23.7 Å². The number of morpholine rings is 1. The number of aromatic nitrogens is 6. The lowest BCUT2D eigenvalue weighted by Gasteiger charge is -2.32. The highest BCUT2D eigenvalue weighted by Crippen LogP contribution is 2.26. The standard InChI is InChI=1S/C11H11N7OS/c1-2-10(14-18-9(1)13-15-16-18)17-4-5-19-8(7-17)11-12-3-6-20-11/h1-3,6,8H,4-5,7H2. The molecule has 3 aromatic rings. The molecule has 9 heteroatoms. The van der Waals surface area contributed by atoms with Gasteiger partial charge in [0.25, 0.3) is 0 Å². The zero-order valence-electron chi connectivity index (χ0n) is 10.5. The van der Waals surface area contributed by atoms with Crippen molar-refractivity contribution in [2.24, 2.45) is 0 Å². The van der Waals surface area contributed by atoms with Crippen LogP contribution in [-0.4, -0.2) is 49.9 Å². The molecular formula is C11H11N7OS. The molecule has 1 fully saturated rings. The van der Waals surface area contributed by atoms with Crippen molar-refractivity contribution in [1.29, 1.82) is 0 Å². The van der Waals surface area contributed by atoms with Crippen LogP contribution in [0.1, 0.15) is 11.1 Å². The van der Waals surface area contributed by atoms with Crippen LogP contribution in [-0.2, 0) is 4.74 Å². The predicted molar refractivity (Wildman–Crippen MR) is 71.6 cm³/mol. The fourth-order valence-electron chi connectivity index (χ4n) is 2.21. The highest BCUT2D eigenvalue weighted by Gasteiger charge is 2.25. The van der Waals surface area contributed by atoms with Gasteiger partial charge < -0.3 is 9.64 Å². The van der Waals surface area contributed by atoms with Gasteiger partial charge in [0.15, 0.2) is 11.5 Å². The summed E-state index contributed by atoms with van der Waals surface area (Å²) in [5.74, 6) is 0.842. The number of hydrogen-bond donors (Lipinski definition) is 0. The Morgan fingerprint density at radius 1 is 1.35 bits per heavy atom. The fraction of sp³-hybridized carbons (Fsp3) is 0.364. The summed E-state index contributed by atoms with van der Waals surface area (Å²) in [5.41, 5.74) is 0.637. The molecule has 0 aliphatic carbocycles. The van der Waals surface area contributed by atoms with Crippen LogP contribution in [0.2, 0.25) is 0 Å². The van der Waals surface area contributed by atoms with Gasteiger partial charge >= 0.3 is 0 Å². The van der Waals surface area contributed by atoms with Crippen LogP contribution in [0, 0.1) is 0 Å². The molecule has 4 heterocycles. The Bertz CT molecular complexity index is 712. The van der Waals surface area contributed by atoms with E-state index in [0.717, 1.165) is 23.9 Å². The Kier molecular flexibility index (Phi) is 2.78. The number of nitrogens with zero attached hydrogens (tertiary/aromatic N) is 7. The molecule has 0 amide bonds. The van der Waals surface area contributed by atoms with E-state index in [0.29, 0.717) is 12.3 Å². The van der Waals surface area contributed by atoms with Crippen molar-refractivity contribution in [2.45, 2.75) is 6.10 Å². The van der Waals surface area contributed by atoms with Crippen LogP contribution in [0.4, 0.5) is 5.82 Å². The summed E-state index contributed by atoms with van der Waals surface area (Å²) in [6.07, 6.45) is 1.79. The summed E-state index contributed by atoms with van der Waals surface area (Å²) in [6, 6.07) is 3.78. The number of tetrazole rings is 1. The van der Waals surface area contributed by atoms with Gasteiger partial charge in [0, 0.05) is 18.1 Å². The van der Waals surface area contributed by atoms with E-state index in [9.17, 15) is 0 Å². The lowest BCUT2D eigenvalue weighted by molar-refractivity contribution is 0.0393. The third kappa shape index (κ3) is 2.00. The second-order valence-electron chi connectivity index (χ2n) is 4.39. The van der Waals surface area contributed by atoms with Gasteiger partial charge in [-0.2, -0.15) is 0 Å². The highest BCUT2D eigenvalue weighted by molar-refractivity contribution is 7.09. The number of hydrogen-bond acceptors (Lipinski definition) is 8. The number of ether oxygens (including phenoxy) is 1. The van der Waals surface area contributed by atoms with E-state index in [-0.39, 0.29) is 6.10 Å². The van der Waals surface area contributed by atoms with Gasteiger partial charge in [0.2, 0.25) is 0 Å². The van der Waals surface area contributed by atoms with E-state index in [2.05, 4.69) is 30.5 Å². The Balaban J connectivity index is 1.61. The molecule has 1 aliphatic heterocycles. The molecule has 1 atom stereocenters. The largest absolute Gasteiger partial charge is 0.367 e. The third-order valence-electron chi connectivity index (χ3n) is 3.17. The van der Waals surface area contributed by atoms with E-state index in [1.807, 2.05) is 17.5 Å². The van der Waals surface area contributed by atoms with Crippen molar-refractivity contribution in [2.75, 3.05) is 24.6 Å². The van der Waals surface area contributed by atoms with Crippen LogP contribution < -0.4 is 4.90 Å². The summed E-state index contributed by atoms with van der Waals surface area (Å²) in [7, 11) is 0. The summed E-state index contributed by atoms with van der Waals surface area (Å²) in [6.45, 7) is 2.18. The van der Waals surface area contributed by atoms with Gasteiger partial charge in [-0.15, -0.1) is 26.2 Å². The maximum absolute atomic E-state index is 5.78. The first-order valence-electron chi connectivity index (χ1n) is 6.21. The van der Waals surface area contributed by atoms with Crippen molar-refractivity contribution in [1.82, 2.24) is 30.2 Å². The van der Waals surface area contributed by atoms with Gasteiger partial charge in [0.1, 0.15) is 11.1 Å². The smallest absolute Gasteiger partial charge is 0.200 e. The molecule has 0 spiro atoms. The number of anilines is 1. The van der Waals surface area contributed by atoms with Crippen molar-refractivity contribution < 1.29 is 4.74 Å². The van der Waals surface area contributed by atoms with E-state index in [1.54, 1.807) is 17.5 Å². The van der Waals surface area contributed by atoms with E-state index in [4.69, 9.17) is 4.74 Å². The number of fused-ring (bicyclic) bond motifs is 1. The summed E-state index contributed by atoms with van der Waals surface area (Å²) >= 11 is 1.61. The zero-order valence-corrected chi connectivity index (χ0v) is 11.3. The summed E-state index contributed by atoms with van der Waals surface area (Å²) in [5, 5.41) is 18.6. The topological polar surface area (TPSA) is 81.3 Å². The van der Waals surface area contributed by atoms with Crippen LogP contribution >= 0.6 is 11.3 Å². The molecule has 0 N–H and O–H groups in total. The van der Waals surface area contributed by atoms with Gasteiger partial charge in [-0.1, -0.05) is 0 Å². The van der Waals surface area contributed by atoms with Gasteiger partial charge in [0.05, 0.1) is 13.2 Å². The lowest BCUT2D eigenvalue weighted by Crippen LogP contribution is -2.39. The van der Waals surface area contributed by atoms with Crippen LogP contribution in [0.3, 0.4) is 0 Å². The van der Waals surface area contributed by atoms with Crippen molar-refractivity contribution in [3.05, 3.63) is 28.7 Å². The van der Waals surface area contributed by atoms with E-state index >= 15 is 0 Å². The first-order valence-corrected chi connectivity index (χ1v) is 7.09. The van der Waals surface area contributed by atoms with Crippen LogP contribution in [0.25, 0.3) is 5.65 Å². The molecule has 1 saturated heterocycles. The molecule has 1 unspecified atom stereocenters. The maximum Gasteiger partial charge on any atom is 0.200 e. The zero-order chi connectivity index (χ0) is 13.4. The molecule has 1 aliphatic rings. The SMILES string of the molecule is c1csc(C2CN(c3ccc4nnnn4n3)CCO2)n1. The van der Waals surface area contributed by atoms with Crippen molar-refractivity contribution in [3.63, 3.8) is 0 Å². The Morgan fingerprint density at radius 2 is 2.35 bits per heavy atom. The Labute approximate surface area is 118 Å². The minimum atomic E-state index is -0.00452. The van der Waals surface area contributed by atoms with Crippen molar-refractivity contribution in [3.8, 4) is 0 Å². The average molecular weight is 289 g/mol.